The van der Waals surface area contributed by atoms with E-state index in [0.717, 1.165) is 11.1 Å². The average molecular weight is 207 g/mol. The molecular formula is C9H10FN5. The average Bonchev–Trinajstić information content (AvgIpc) is 2.69. The van der Waals surface area contributed by atoms with E-state index in [0.29, 0.717) is 5.82 Å². The lowest BCUT2D eigenvalue weighted by Crippen LogP contribution is -2.15. The van der Waals surface area contributed by atoms with Crippen LogP contribution in [0.5, 0.6) is 0 Å². The van der Waals surface area contributed by atoms with E-state index in [-0.39, 0.29) is 5.82 Å². The van der Waals surface area contributed by atoms with Crippen LogP contribution in [-0.4, -0.2) is 20.6 Å². The number of halogens is 1. The molecule has 0 amide bonds. The lowest BCUT2D eigenvalue weighted by atomic mass is 10.0. The molecule has 0 spiro atoms. The van der Waals surface area contributed by atoms with Crippen molar-refractivity contribution in [2.45, 2.75) is 13.0 Å². The first kappa shape index (κ1) is 9.72. The maximum atomic E-state index is 12.9. The van der Waals surface area contributed by atoms with Crippen molar-refractivity contribution in [3.8, 4) is 0 Å². The summed E-state index contributed by atoms with van der Waals surface area (Å²) in [7, 11) is 0. The van der Waals surface area contributed by atoms with Gasteiger partial charge in [0.1, 0.15) is 5.82 Å². The number of rotatable bonds is 2. The van der Waals surface area contributed by atoms with Crippen LogP contribution in [0.25, 0.3) is 0 Å². The highest BCUT2D eigenvalue weighted by Crippen LogP contribution is 2.19. The van der Waals surface area contributed by atoms with Crippen molar-refractivity contribution in [1.29, 1.82) is 0 Å². The van der Waals surface area contributed by atoms with Crippen molar-refractivity contribution in [2.24, 2.45) is 5.73 Å². The summed E-state index contributed by atoms with van der Waals surface area (Å²) in [4.78, 5) is 0. The quantitative estimate of drug-likeness (QED) is 0.759. The number of nitrogens with one attached hydrogen (secondary N) is 1. The van der Waals surface area contributed by atoms with E-state index in [4.69, 9.17) is 5.73 Å². The van der Waals surface area contributed by atoms with Crippen LogP contribution in [0.3, 0.4) is 0 Å². The Morgan fingerprint density at radius 2 is 2.27 bits per heavy atom. The van der Waals surface area contributed by atoms with Crippen molar-refractivity contribution >= 4 is 0 Å². The molecule has 1 heterocycles. The summed E-state index contributed by atoms with van der Waals surface area (Å²) in [6, 6.07) is 3.94. The van der Waals surface area contributed by atoms with E-state index in [2.05, 4.69) is 20.6 Å². The van der Waals surface area contributed by atoms with Gasteiger partial charge in [0.2, 0.25) is 0 Å². The first-order valence-corrected chi connectivity index (χ1v) is 4.43. The molecule has 3 N–H and O–H groups in total. The molecule has 1 aromatic carbocycles. The van der Waals surface area contributed by atoms with E-state index in [1.54, 1.807) is 13.0 Å². The Morgan fingerprint density at radius 3 is 2.87 bits per heavy atom. The highest BCUT2D eigenvalue weighted by molar-refractivity contribution is 5.32. The number of hydrogen-bond acceptors (Lipinski definition) is 4. The lowest BCUT2D eigenvalue weighted by Gasteiger charge is -2.10. The summed E-state index contributed by atoms with van der Waals surface area (Å²) in [5.41, 5.74) is 7.46. The number of hydrogen-bond donors (Lipinski definition) is 2. The molecule has 0 saturated heterocycles. The topological polar surface area (TPSA) is 80.5 Å². The van der Waals surface area contributed by atoms with Gasteiger partial charge in [0, 0.05) is 0 Å². The summed E-state index contributed by atoms with van der Waals surface area (Å²) in [5.74, 6) is 0.112. The zero-order valence-electron chi connectivity index (χ0n) is 8.11. The highest BCUT2D eigenvalue weighted by Gasteiger charge is 2.15. The fourth-order valence-electron chi connectivity index (χ4n) is 1.43. The van der Waals surface area contributed by atoms with Crippen LogP contribution >= 0.6 is 0 Å². The van der Waals surface area contributed by atoms with Crippen LogP contribution in [0.15, 0.2) is 18.2 Å². The molecule has 78 valence electrons. The van der Waals surface area contributed by atoms with Crippen LogP contribution in [-0.2, 0) is 0 Å². The summed E-state index contributed by atoms with van der Waals surface area (Å²) in [5, 5.41) is 13.3. The normalized spacial score (nSPS) is 12.7. The number of nitrogens with zero attached hydrogens (tertiary/aromatic N) is 3. The van der Waals surface area contributed by atoms with Gasteiger partial charge in [-0.2, -0.15) is 5.21 Å². The number of aryl methyl sites for hydroxylation is 1. The molecule has 2 aromatic rings. The Kier molecular flexibility index (Phi) is 2.42. The van der Waals surface area contributed by atoms with Gasteiger partial charge in [-0.3, -0.25) is 0 Å². The third-order valence-electron chi connectivity index (χ3n) is 2.21. The van der Waals surface area contributed by atoms with Gasteiger partial charge in [-0.1, -0.05) is 11.3 Å². The van der Waals surface area contributed by atoms with Crippen LogP contribution in [0.1, 0.15) is 23.0 Å². The van der Waals surface area contributed by atoms with E-state index < -0.39 is 6.04 Å². The molecule has 2 rings (SSSR count). The number of tetrazole rings is 1. The Morgan fingerprint density at radius 1 is 1.47 bits per heavy atom. The van der Waals surface area contributed by atoms with Gasteiger partial charge in [0.15, 0.2) is 5.82 Å². The molecule has 0 aliphatic heterocycles. The predicted molar refractivity (Wildman–Crippen MR) is 51.3 cm³/mol. The number of nitrogens with two attached hydrogens (primary N) is 1. The van der Waals surface area contributed by atoms with Gasteiger partial charge < -0.3 is 5.73 Å². The largest absolute Gasteiger partial charge is 0.318 e. The van der Waals surface area contributed by atoms with Crippen molar-refractivity contribution in [3.63, 3.8) is 0 Å². The van der Waals surface area contributed by atoms with Gasteiger partial charge in [-0.15, -0.1) is 10.2 Å². The van der Waals surface area contributed by atoms with Crippen molar-refractivity contribution in [1.82, 2.24) is 20.6 Å². The van der Waals surface area contributed by atoms with Crippen molar-refractivity contribution in [2.75, 3.05) is 0 Å². The molecule has 15 heavy (non-hydrogen) atoms. The second-order valence-electron chi connectivity index (χ2n) is 3.25. The first-order chi connectivity index (χ1) is 7.18. The van der Waals surface area contributed by atoms with E-state index in [9.17, 15) is 4.39 Å². The summed E-state index contributed by atoms with van der Waals surface area (Å²) in [6.07, 6.45) is 0. The number of H-pyrrole nitrogens is 1. The van der Waals surface area contributed by atoms with Crippen molar-refractivity contribution in [3.05, 3.63) is 41.0 Å². The highest BCUT2D eigenvalue weighted by atomic mass is 19.1. The van der Waals surface area contributed by atoms with Gasteiger partial charge >= 0.3 is 0 Å². The van der Waals surface area contributed by atoms with Crippen LogP contribution in [0.2, 0.25) is 0 Å². The molecule has 5 nitrogen and oxygen atoms in total. The van der Waals surface area contributed by atoms with E-state index in [1.807, 2.05) is 0 Å². The molecule has 0 aliphatic carbocycles. The zero-order chi connectivity index (χ0) is 10.8. The Balaban J connectivity index is 2.38. The number of aromatic amines is 1. The third-order valence-corrected chi connectivity index (χ3v) is 2.21. The molecule has 1 unspecified atom stereocenters. The minimum Gasteiger partial charge on any atom is -0.318 e. The monoisotopic (exact) mass is 207 g/mol. The zero-order valence-corrected chi connectivity index (χ0v) is 8.11. The van der Waals surface area contributed by atoms with Crippen molar-refractivity contribution < 1.29 is 4.39 Å². The van der Waals surface area contributed by atoms with E-state index in [1.165, 1.54) is 12.1 Å². The fourth-order valence-corrected chi connectivity index (χ4v) is 1.43. The standard InChI is InChI=1S/C9H10FN5/c1-5-4-6(10)2-3-7(5)8(11)9-12-14-15-13-9/h2-4,8H,11H2,1H3,(H,12,13,14,15). The number of aromatic nitrogens is 4. The Labute approximate surface area is 85.5 Å². The minimum absolute atomic E-state index is 0.281. The summed E-state index contributed by atoms with van der Waals surface area (Å²) >= 11 is 0. The first-order valence-electron chi connectivity index (χ1n) is 4.43. The summed E-state index contributed by atoms with van der Waals surface area (Å²) in [6.45, 7) is 1.79. The molecule has 0 aliphatic rings. The van der Waals surface area contributed by atoms with Gasteiger partial charge in [-0.25, -0.2) is 4.39 Å². The molecule has 0 bridgehead atoms. The minimum atomic E-state index is -0.482. The second-order valence-corrected chi connectivity index (χ2v) is 3.25. The lowest BCUT2D eigenvalue weighted by molar-refractivity contribution is 0.624. The summed E-state index contributed by atoms with van der Waals surface area (Å²) < 4.78 is 12.9. The second kappa shape index (κ2) is 3.74. The maximum absolute atomic E-state index is 12.9. The van der Waals surface area contributed by atoms with Gasteiger partial charge in [0.05, 0.1) is 6.04 Å². The fraction of sp³-hybridized carbons (Fsp3) is 0.222. The molecule has 1 atom stereocenters. The van der Waals surface area contributed by atoms with Crippen LogP contribution in [0, 0.1) is 12.7 Å². The molecule has 0 fully saturated rings. The molecule has 0 saturated carbocycles. The van der Waals surface area contributed by atoms with Crippen LogP contribution in [0.4, 0.5) is 4.39 Å². The third kappa shape index (κ3) is 1.84. The molecule has 1 aromatic heterocycles. The van der Waals surface area contributed by atoms with E-state index >= 15 is 0 Å². The Hall–Kier alpha value is -1.82. The number of benzene rings is 1. The molecular weight excluding hydrogens is 197 g/mol. The Bertz CT molecular complexity index is 454. The maximum Gasteiger partial charge on any atom is 0.195 e. The van der Waals surface area contributed by atoms with Gasteiger partial charge in [0.25, 0.3) is 0 Å². The van der Waals surface area contributed by atoms with Crippen LogP contribution < -0.4 is 5.73 Å². The molecule has 6 heteroatoms. The predicted octanol–water partition coefficient (Wildman–Crippen LogP) is 0.695. The van der Waals surface area contributed by atoms with Gasteiger partial charge in [-0.05, 0) is 30.2 Å². The smallest absolute Gasteiger partial charge is 0.195 e. The molecule has 0 radical (unpaired) electrons. The SMILES string of the molecule is Cc1cc(F)ccc1C(N)c1nn[nH]n1.